The first-order valence-corrected chi connectivity index (χ1v) is 5.37. The molecule has 0 bridgehead atoms. The Balaban J connectivity index is 3.12. The van der Waals surface area contributed by atoms with Gasteiger partial charge in [-0.1, -0.05) is 6.07 Å². The molecular weight excluding hydrogens is 220 g/mol. The predicted molar refractivity (Wildman–Crippen MR) is 63.5 cm³/mol. The molecule has 0 saturated carbocycles. The van der Waals surface area contributed by atoms with Crippen molar-refractivity contribution in [3.05, 3.63) is 30.1 Å². The molecule has 3 N–H and O–H groups in total. The minimum atomic E-state index is -1.33. The largest absolute Gasteiger partial charge is 0.480 e. The third-order valence-electron chi connectivity index (χ3n) is 2.59. The highest BCUT2D eigenvalue weighted by atomic mass is 16.4. The molecule has 17 heavy (non-hydrogen) atoms. The molecule has 0 aromatic carbocycles. The fraction of sp³-hybridized carbons (Fsp3) is 0.500. The maximum Gasteiger partial charge on any atom is 0.329 e. The molecule has 5 heteroatoms. The number of aliphatic hydroxyl groups excluding tert-OH is 1. The quantitative estimate of drug-likeness (QED) is 0.705. The lowest BCUT2D eigenvalue weighted by Gasteiger charge is -2.35. The van der Waals surface area contributed by atoms with E-state index in [9.17, 15) is 15.0 Å². The zero-order chi connectivity index (χ0) is 13.1. The molecule has 1 rings (SSSR count). The van der Waals surface area contributed by atoms with Gasteiger partial charge >= 0.3 is 5.97 Å². The van der Waals surface area contributed by atoms with Crippen molar-refractivity contribution in [1.82, 2.24) is 10.3 Å². The maximum absolute atomic E-state index is 11.4. The average Bonchev–Trinajstić information content (AvgIpc) is 2.29. The van der Waals surface area contributed by atoms with Gasteiger partial charge in [0.1, 0.15) is 0 Å². The molecular formula is C12H18N2O3. The van der Waals surface area contributed by atoms with Crippen LogP contribution in [-0.2, 0) is 10.3 Å². The molecule has 0 fully saturated rings. The van der Waals surface area contributed by atoms with Crippen LogP contribution in [0.3, 0.4) is 0 Å². The number of pyridine rings is 1. The number of aromatic nitrogens is 1. The van der Waals surface area contributed by atoms with Crippen molar-refractivity contribution >= 4 is 5.97 Å². The summed E-state index contributed by atoms with van der Waals surface area (Å²) in [5.41, 5.74) is -1.62. The highest BCUT2D eigenvalue weighted by molar-refractivity contribution is 5.79. The number of hydrogen-bond acceptors (Lipinski definition) is 4. The molecule has 94 valence electrons. The predicted octanol–water partition coefficient (Wildman–Crippen LogP) is 0.742. The van der Waals surface area contributed by atoms with Crippen LogP contribution in [0, 0.1) is 0 Å². The van der Waals surface area contributed by atoms with Gasteiger partial charge in [-0.25, -0.2) is 4.79 Å². The van der Waals surface area contributed by atoms with E-state index >= 15 is 0 Å². The van der Waals surface area contributed by atoms with Crippen LogP contribution in [-0.4, -0.2) is 33.3 Å². The maximum atomic E-state index is 11.4. The van der Waals surface area contributed by atoms with Gasteiger partial charge in [-0.15, -0.1) is 0 Å². The van der Waals surface area contributed by atoms with Gasteiger partial charge in [-0.05, 0) is 32.9 Å². The molecule has 0 aliphatic heterocycles. The second-order valence-corrected chi connectivity index (χ2v) is 4.81. The first kappa shape index (κ1) is 13.6. The van der Waals surface area contributed by atoms with Gasteiger partial charge in [0.2, 0.25) is 0 Å². The number of aliphatic carboxylic acids is 1. The van der Waals surface area contributed by atoms with Crippen LogP contribution in [0.4, 0.5) is 0 Å². The van der Waals surface area contributed by atoms with E-state index in [0.29, 0.717) is 5.69 Å². The van der Waals surface area contributed by atoms with Crippen molar-refractivity contribution in [2.24, 2.45) is 0 Å². The van der Waals surface area contributed by atoms with Crippen molar-refractivity contribution in [3.8, 4) is 0 Å². The number of carbonyl (C=O) groups is 1. The highest BCUT2D eigenvalue weighted by Gasteiger charge is 2.40. The number of carboxylic acids is 1. The lowest BCUT2D eigenvalue weighted by molar-refractivity contribution is -0.146. The zero-order valence-corrected chi connectivity index (χ0v) is 10.3. The van der Waals surface area contributed by atoms with Crippen molar-refractivity contribution in [2.75, 3.05) is 6.61 Å². The number of nitrogens with zero attached hydrogens (tertiary/aromatic N) is 1. The Hall–Kier alpha value is -1.46. The minimum absolute atomic E-state index is 0.164. The number of carboxylic acid groups (broad SMARTS) is 1. The third kappa shape index (κ3) is 3.01. The Kier molecular flexibility index (Phi) is 3.85. The van der Waals surface area contributed by atoms with E-state index < -0.39 is 17.0 Å². The van der Waals surface area contributed by atoms with Gasteiger partial charge in [0.15, 0.2) is 5.54 Å². The molecule has 0 aliphatic rings. The molecule has 1 aromatic heterocycles. The molecule has 1 heterocycles. The van der Waals surface area contributed by atoms with E-state index in [2.05, 4.69) is 10.3 Å². The standard InChI is InChI=1S/C12H18N2O3/c1-11(2,8-15)14-12(3,10(16)17)9-6-4-5-7-13-9/h4-7,14-15H,8H2,1-3H3,(H,16,17). The fourth-order valence-corrected chi connectivity index (χ4v) is 1.60. The molecule has 0 radical (unpaired) electrons. The number of aliphatic hydroxyl groups is 1. The Labute approximate surface area is 101 Å². The SMILES string of the molecule is CC(C)(CO)NC(C)(C(=O)O)c1ccccn1. The molecule has 1 atom stereocenters. The summed E-state index contributed by atoms with van der Waals surface area (Å²) >= 11 is 0. The molecule has 5 nitrogen and oxygen atoms in total. The van der Waals surface area contributed by atoms with E-state index in [0.717, 1.165) is 0 Å². The Bertz CT molecular complexity index is 392. The monoisotopic (exact) mass is 238 g/mol. The van der Waals surface area contributed by atoms with Gasteiger partial charge < -0.3 is 10.2 Å². The molecule has 0 amide bonds. The zero-order valence-electron chi connectivity index (χ0n) is 10.3. The highest BCUT2D eigenvalue weighted by Crippen LogP contribution is 2.22. The first-order valence-electron chi connectivity index (χ1n) is 5.37. The summed E-state index contributed by atoms with van der Waals surface area (Å²) in [4.78, 5) is 15.5. The van der Waals surface area contributed by atoms with E-state index in [1.807, 2.05) is 0 Å². The Morgan fingerprint density at radius 1 is 1.41 bits per heavy atom. The number of hydrogen-bond donors (Lipinski definition) is 3. The third-order valence-corrected chi connectivity index (χ3v) is 2.59. The van der Waals surface area contributed by atoms with Crippen molar-refractivity contribution in [3.63, 3.8) is 0 Å². The van der Waals surface area contributed by atoms with Gasteiger partial charge in [-0.2, -0.15) is 0 Å². The minimum Gasteiger partial charge on any atom is -0.480 e. The van der Waals surface area contributed by atoms with Crippen LogP contribution in [0.2, 0.25) is 0 Å². The molecule has 0 aliphatic carbocycles. The van der Waals surface area contributed by atoms with E-state index in [4.69, 9.17) is 0 Å². The molecule has 1 aromatic rings. The van der Waals surface area contributed by atoms with Crippen LogP contribution in [0.5, 0.6) is 0 Å². The molecule has 1 unspecified atom stereocenters. The summed E-state index contributed by atoms with van der Waals surface area (Å²) in [5.74, 6) is -1.03. The van der Waals surface area contributed by atoms with E-state index in [1.165, 1.54) is 6.92 Å². The second kappa shape index (κ2) is 4.81. The van der Waals surface area contributed by atoms with Gasteiger partial charge in [0.05, 0.1) is 12.3 Å². The topological polar surface area (TPSA) is 82.5 Å². The first-order chi connectivity index (χ1) is 7.82. The number of nitrogens with one attached hydrogen (secondary N) is 1. The molecule has 0 spiro atoms. The summed E-state index contributed by atoms with van der Waals surface area (Å²) in [6, 6.07) is 5.11. The lowest BCUT2D eigenvalue weighted by Crippen LogP contribution is -2.57. The summed E-state index contributed by atoms with van der Waals surface area (Å²) < 4.78 is 0. The molecule has 0 saturated heterocycles. The summed E-state index contributed by atoms with van der Waals surface area (Å²) in [5, 5.41) is 21.5. The van der Waals surface area contributed by atoms with E-state index in [-0.39, 0.29) is 6.61 Å². The van der Waals surface area contributed by atoms with Crippen LogP contribution in [0.1, 0.15) is 26.5 Å². The van der Waals surface area contributed by atoms with Crippen molar-refractivity contribution < 1.29 is 15.0 Å². The van der Waals surface area contributed by atoms with Crippen LogP contribution >= 0.6 is 0 Å². The summed E-state index contributed by atoms with van der Waals surface area (Å²) in [6.07, 6.45) is 1.55. The Morgan fingerprint density at radius 3 is 2.47 bits per heavy atom. The van der Waals surface area contributed by atoms with Crippen molar-refractivity contribution in [1.29, 1.82) is 0 Å². The lowest BCUT2D eigenvalue weighted by atomic mass is 9.92. The normalized spacial score (nSPS) is 15.3. The summed E-state index contributed by atoms with van der Waals surface area (Å²) in [6.45, 7) is 4.84. The van der Waals surface area contributed by atoms with E-state index in [1.54, 1.807) is 38.2 Å². The van der Waals surface area contributed by atoms with Gasteiger partial charge in [0, 0.05) is 11.7 Å². The van der Waals surface area contributed by atoms with Gasteiger partial charge in [-0.3, -0.25) is 10.3 Å². The summed E-state index contributed by atoms with van der Waals surface area (Å²) in [7, 11) is 0. The van der Waals surface area contributed by atoms with Crippen LogP contribution < -0.4 is 5.32 Å². The number of rotatable bonds is 5. The van der Waals surface area contributed by atoms with Gasteiger partial charge in [0.25, 0.3) is 0 Å². The second-order valence-electron chi connectivity index (χ2n) is 4.81. The fourth-order valence-electron chi connectivity index (χ4n) is 1.60. The Morgan fingerprint density at radius 2 is 2.06 bits per heavy atom. The van der Waals surface area contributed by atoms with Crippen LogP contribution in [0.15, 0.2) is 24.4 Å². The van der Waals surface area contributed by atoms with Crippen LogP contribution in [0.25, 0.3) is 0 Å². The average molecular weight is 238 g/mol. The smallest absolute Gasteiger partial charge is 0.329 e. The van der Waals surface area contributed by atoms with Crippen molar-refractivity contribution in [2.45, 2.75) is 31.8 Å².